The molecule has 2 heterocycles. The minimum absolute atomic E-state index is 0.0390. The smallest absolute Gasteiger partial charge is 0.254 e. The largest absolute Gasteiger partial charge is 0.341 e. The molecule has 2 amide bonds. The predicted octanol–water partition coefficient (Wildman–Crippen LogP) is 2.92. The van der Waals surface area contributed by atoms with Crippen molar-refractivity contribution in [2.45, 2.75) is 57.0 Å². The highest BCUT2D eigenvalue weighted by atomic mass is 16.2. The van der Waals surface area contributed by atoms with Gasteiger partial charge in [-0.05, 0) is 69.7 Å². The van der Waals surface area contributed by atoms with Gasteiger partial charge in [0.1, 0.15) is 6.04 Å². The number of likely N-dealkylation sites (tertiary alicyclic amines) is 2. The van der Waals surface area contributed by atoms with E-state index < -0.39 is 0 Å². The van der Waals surface area contributed by atoms with Crippen LogP contribution in [0.3, 0.4) is 0 Å². The molecule has 1 aromatic rings. The number of benzene rings is 1. The van der Waals surface area contributed by atoms with Crippen LogP contribution in [0, 0.1) is 11.8 Å². The Morgan fingerprint density at radius 1 is 1.07 bits per heavy atom. The first kappa shape index (κ1) is 19.4. The molecule has 28 heavy (non-hydrogen) atoms. The quantitative estimate of drug-likeness (QED) is 0.870. The Hall–Kier alpha value is -1.88. The number of carbonyl (C=O) groups excluding carboxylic acids is 2. The van der Waals surface area contributed by atoms with Gasteiger partial charge in [0.2, 0.25) is 5.91 Å². The van der Waals surface area contributed by atoms with Gasteiger partial charge in [0.25, 0.3) is 5.91 Å². The molecule has 0 radical (unpaired) electrons. The molecular formula is C23H33N3O2. The number of hydrogen-bond acceptors (Lipinski definition) is 3. The molecule has 2 saturated heterocycles. The lowest BCUT2D eigenvalue weighted by Gasteiger charge is -2.38. The lowest BCUT2D eigenvalue weighted by molar-refractivity contribution is -0.137. The summed E-state index contributed by atoms with van der Waals surface area (Å²) in [6.45, 7) is 2.60. The minimum Gasteiger partial charge on any atom is -0.341 e. The van der Waals surface area contributed by atoms with Crippen LogP contribution in [0.5, 0.6) is 0 Å². The van der Waals surface area contributed by atoms with Crippen molar-refractivity contribution in [3.8, 4) is 0 Å². The number of nitrogens with one attached hydrogen (secondary N) is 1. The number of fused-ring (bicyclic) bond motifs is 1. The van der Waals surface area contributed by atoms with Crippen molar-refractivity contribution < 1.29 is 9.59 Å². The van der Waals surface area contributed by atoms with Crippen LogP contribution < -0.4 is 5.32 Å². The third-order valence-corrected chi connectivity index (χ3v) is 6.95. The molecule has 3 aliphatic rings. The van der Waals surface area contributed by atoms with E-state index in [9.17, 15) is 9.59 Å². The van der Waals surface area contributed by atoms with Gasteiger partial charge in [-0.3, -0.25) is 9.59 Å². The topological polar surface area (TPSA) is 52.7 Å². The van der Waals surface area contributed by atoms with Gasteiger partial charge in [0.15, 0.2) is 0 Å². The van der Waals surface area contributed by atoms with Gasteiger partial charge in [-0.25, -0.2) is 0 Å². The Labute approximate surface area is 168 Å². The summed E-state index contributed by atoms with van der Waals surface area (Å²) in [5.41, 5.74) is 0.707. The highest BCUT2D eigenvalue weighted by Crippen LogP contribution is 2.41. The van der Waals surface area contributed by atoms with Crippen molar-refractivity contribution in [2.24, 2.45) is 11.8 Å². The maximum absolute atomic E-state index is 13.6. The van der Waals surface area contributed by atoms with Crippen molar-refractivity contribution in [3.05, 3.63) is 35.9 Å². The fraction of sp³-hybridized carbons (Fsp3) is 0.652. The van der Waals surface area contributed by atoms with Crippen molar-refractivity contribution in [2.75, 3.05) is 26.7 Å². The van der Waals surface area contributed by atoms with Gasteiger partial charge in [-0.15, -0.1) is 0 Å². The van der Waals surface area contributed by atoms with Gasteiger partial charge in [-0.2, -0.15) is 0 Å². The number of carbonyl (C=O) groups is 2. The minimum atomic E-state index is -0.283. The molecule has 0 spiro atoms. The average molecular weight is 384 g/mol. The van der Waals surface area contributed by atoms with Crippen molar-refractivity contribution in [3.63, 3.8) is 0 Å². The van der Waals surface area contributed by atoms with E-state index in [2.05, 4.69) is 5.32 Å². The molecular weight excluding hydrogens is 350 g/mol. The molecule has 1 aromatic carbocycles. The third kappa shape index (κ3) is 3.82. The number of hydrogen-bond donors (Lipinski definition) is 1. The second-order valence-electron chi connectivity index (χ2n) is 8.79. The number of piperidine rings is 1. The first-order valence-electron chi connectivity index (χ1n) is 11.0. The average Bonchev–Trinajstić information content (AvgIpc) is 3.13. The van der Waals surface area contributed by atoms with Gasteiger partial charge >= 0.3 is 0 Å². The molecule has 4 atom stereocenters. The summed E-state index contributed by atoms with van der Waals surface area (Å²) in [4.78, 5) is 31.0. The fourth-order valence-corrected chi connectivity index (χ4v) is 5.63. The van der Waals surface area contributed by atoms with Gasteiger partial charge in [0.05, 0.1) is 0 Å². The van der Waals surface area contributed by atoms with Crippen molar-refractivity contribution in [1.29, 1.82) is 0 Å². The highest BCUT2D eigenvalue weighted by Gasteiger charge is 2.48. The van der Waals surface area contributed by atoms with Crippen LogP contribution in [0.25, 0.3) is 0 Å². The fourth-order valence-electron chi connectivity index (χ4n) is 5.63. The van der Waals surface area contributed by atoms with E-state index in [0.29, 0.717) is 17.4 Å². The van der Waals surface area contributed by atoms with Crippen LogP contribution in [0.2, 0.25) is 0 Å². The molecule has 1 saturated carbocycles. The van der Waals surface area contributed by atoms with Crippen LogP contribution >= 0.6 is 0 Å². The Morgan fingerprint density at radius 2 is 1.86 bits per heavy atom. The zero-order chi connectivity index (χ0) is 19.5. The molecule has 3 fully saturated rings. The van der Waals surface area contributed by atoms with Gasteiger partial charge in [0, 0.05) is 24.7 Å². The molecule has 5 heteroatoms. The van der Waals surface area contributed by atoms with Crippen molar-refractivity contribution in [1.82, 2.24) is 15.1 Å². The first-order valence-corrected chi connectivity index (χ1v) is 11.0. The highest BCUT2D eigenvalue weighted by molar-refractivity contribution is 5.98. The molecule has 1 aliphatic carbocycles. The van der Waals surface area contributed by atoms with E-state index in [1.54, 1.807) is 0 Å². The van der Waals surface area contributed by atoms with Crippen LogP contribution in [-0.2, 0) is 4.79 Å². The van der Waals surface area contributed by atoms with E-state index >= 15 is 0 Å². The monoisotopic (exact) mass is 383 g/mol. The number of amides is 2. The number of rotatable bonds is 4. The maximum atomic E-state index is 13.6. The number of nitrogens with zero attached hydrogens (tertiary/aromatic N) is 2. The van der Waals surface area contributed by atoms with Crippen LogP contribution in [-0.4, -0.2) is 60.4 Å². The van der Waals surface area contributed by atoms with Gasteiger partial charge in [-0.1, -0.05) is 31.0 Å². The summed E-state index contributed by atoms with van der Waals surface area (Å²) in [5, 5.41) is 3.25. The van der Waals surface area contributed by atoms with Gasteiger partial charge < -0.3 is 15.1 Å². The summed E-state index contributed by atoms with van der Waals surface area (Å²) in [6.07, 6.45) is 7.65. The van der Waals surface area contributed by atoms with E-state index in [1.165, 1.54) is 12.8 Å². The molecule has 152 valence electrons. The summed E-state index contributed by atoms with van der Waals surface area (Å²) in [5.74, 6) is 1.22. The zero-order valence-corrected chi connectivity index (χ0v) is 17.0. The Bertz CT molecular complexity index is 690. The van der Waals surface area contributed by atoms with Crippen LogP contribution in [0.4, 0.5) is 0 Å². The molecule has 1 N–H and O–H groups in total. The molecule has 0 bridgehead atoms. The lowest BCUT2D eigenvalue weighted by atomic mass is 9.84. The summed E-state index contributed by atoms with van der Waals surface area (Å²) in [6, 6.07) is 9.45. The molecule has 5 nitrogen and oxygen atoms in total. The summed E-state index contributed by atoms with van der Waals surface area (Å²) < 4.78 is 0. The van der Waals surface area contributed by atoms with E-state index in [0.717, 1.165) is 51.7 Å². The summed E-state index contributed by atoms with van der Waals surface area (Å²) in [7, 11) is 1.97. The second-order valence-corrected chi connectivity index (χ2v) is 8.79. The maximum Gasteiger partial charge on any atom is 0.254 e. The Balaban J connectivity index is 1.56. The van der Waals surface area contributed by atoms with E-state index in [4.69, 9.17) is 0 Å². The SMILES string of the molecule is CNCC1CCCN(C(=O)C2CC3CCCCC3N2C(=O)c2ccccc2)C1. The standard InChI is InChI=1S/C23H33N3O2/c1-24-15-17-8-7-13-25(16-17)23(28)21-14-19-11-5-6-12-20(19)26(21)22(27)18-9-3-2-4-10-18/h2-4,9-10,17,19-21,24H,5-8,11-16H2,1H3. The van der Waals surface area contributed by atoms with Crippen molar-refractivity contribution >= 4 is 11.8 Å². The summed E-state index contributed by atoms with van der Waals surface area (Å²) >= 11 is 0. The predicted molar refractivity (Wildman–Crippen MR) is 110 cm³/mol. The Kier molecular flexibility index (Phi) is 6.00. The molecule has 4 unspecified atom stereocenters. The first-order chi connectivity index (χ1) is 13.7. The van der Waals surface area contributed by atoms with Crippen LogP contribution in [0.1, 0.15) is 55.3 Å². The second kappa shape index (κ2) is 8.64. The normalized spacial score (nSPS) is 30.2. The van der Waals surface area contributed by atoms with Crippen LogP contribution in [0.15, 0.2) is 30.3 Å². The molecule has 2 aliphatic heterocycles. The molecule has 0 aromatic heterocycles. The van der Waals surface area contributed by atoms with E-state index in [1.807, 2.05) is 47.2 Å². The third-order valence-electron chi connectivity index (χ3n) is 6.95. The molecule has 4 rings (SSSR count). The lowest BCUT2D eigenvalue weighted by Crippen LogP contribution is -2.53. The van der Waals surface area contributed by atoms with E-state index in [-0.39, 0.29) is 23.9 Å². The zero-order valence-electron chi connectivity index (χ0n) is 17.0. The Morgan fingerprint density at radius 3 is 2.64 bits per heavy atom.